The van der Waals surface area contributed by atoms with Crippen LogP contribution in [0, 0.1) is 5.92 Å². The van der Waals surface area contributed by atoms with Gasteiger partial charge in [-0.2, -0.15) is 0 Å². The molecular weight excluding hydrogens is 442 g/mol. The Hall–Kier alpha value is -3.34. The molecule has 0 aliphatic rings. The standard InChI is InChI=1S/C23H37N5O6/c1-14(2)18(28-22(33)34-23(3,4)5)20(31)27-17(7-6-12-25-21(24)32)19(30)26-16-10-8-15(13-29)9-11-16/h8-11,14,17-18,29H,6-7,12-13H2,1-5H3,(H,26,30)(H,27,31)(H,28,33)(H3,24,25,32)/t17?,18-/m1/s1. The summed E-state index contributed by atoms with van der Waals surface area (Å²) in [6, 6.07) is 4.05. The number of nitrogens with two attached hydrogens (primary N) is 1. The molecule has 0 heterocycles. The number of benzene rings is 1. The Balaban J connectivity index is 2.92. The largest absolute Gasteiger partial charge is 0.444 e. The highest BCUT2D eigenvalue weighted by Crippen LogP contribution is 2.12. The van der Waals surface area contributed by atoms with Crippen LogP contribution in [0.1, 0.15) is 53.0 Å². The van der Waals surface area contributed by atoms with Crippen LogP contribution in [0.5, 0.6) is 0 Å². The van der Waals surface area contributed by atoms with E-state index in [0.717, 1.165) is 0 Å². The molecule has 1 rings (SSSR count). The smallest absolute Gasteiger partial charge is 0.408 e. The SMILES string of the molecule is CC(C)[C@@H](NC(=O)OC(C)(C)C)C(=O)NC(CCCNC(N)=O)C(=O)Nc1ccc(CO)cc1. The first kappa shape index (κ1) is 28.7. The Kier molecular flexibility index (Phi) is 11.3. The molecule has 5 amide bonds. The number of aliphatic hydroxyl groups is 1. The minimum atomic E-state index is -0.943. The second-order valence-electron chi connectivity index (χ2n) is 9.21. The number of nitrogens with one attached hydrogen (secondary N) is 4. The van der Waals surface area contributed by atoms with Gasteiger partial charge in [-0.05, 0) is 57.2 Å². The van der Waals surface area contributed by atoms with E-state index < -0.39 is 41.6 Å². The highest BCUT2D eigenvalue weighted by molar-refractivity contribution is 5.98. The highest BCUT2D eigenvalue weighted by atomic mass is 16.6. The van der Waals surface area contributed by atoms with Gasteiger partial charge in [0.15, 0.2) is 0 Å². The van der Waals surface area contributed by atoms with Crippen LogP contribution in [0.15, 0.2) is 24.3 Å². The fraction of sp³-hybridized carbons (Fsp3) is 0.565. The third-order valence-electron chi connectivity index (χ3n) is 4.63. The molecule has 7 N–H and O–H groups in total. The number of hydrogen-bond acceptors (Lipinski definition) is 6. The number of carbonyl (C=O) groups excluding carboxylic acids is 4. The van der Waals surface area contributed by atoms with Crippen LogP contribution in [0.3, 0.4) is 0 Å². The molecule has 190 valence electrons. The van der Waals surface area contributed by atoms with Crippen LogP contribution in [0.25, 0.3) is 0 Å². The van der Waals surface area contributed by atoms with Crippen molar-refractivity contribution >= 4 is 29.6 Å². The number of aliphatic hydroxyl groups excluding tert-OH is 1. The lowest BCUT2D eigenvalue weighted by Gasteiger charge is -2.27. The van der Waals surface area contributed by atoms with Gasteiger partial charge >= 0.3 is 12.1 Å². The van der Waals surface area contributed by atoms with Crippen LogP contribution >= 0.6 is 0 Å². The predicted octanol–water partition coefficient (Wildman–Crippen LogP) is 1.60. The van der Waals surface area contributed by atoms with E-state index in [1.807, 2.05) is 0 Å². The molecule has 11 heteroatoms. The van der Waals surface area contributed by atoms with E-state index in [2.05, 4.69) is 21.3 Å². The summed E-state index contributed by atoms with van der Waals surface area (Å²) >= 11 is 0. The zero-order valence-electron chi connectivity index (χ0n) is 20.4. The first-order valence-corrected chi connectivity index (χ1v) is 11.2. The number of ether oxygens (including phenoxy) is 1. The number of primary amides is 1. The molecule has 0 bridgehead atoms. The summed E-state index contributed by atoms with van der Waals surface area (Å²) in [6.07, 6.45) is -0.155. The second-order valence-corrected chi connectivity index (χ2v) is 9.21. The maximum atomic E-state index is 13.0. The minimum Gasteiger partial charge on any atom is -0.444 e. The van der Waals surface area contributed by atoms with Crippen molar-refractivity contribution in [2.75, 3.05) is 11.9 Å². The Morgan fingerprint density at radius 2 is 1.65 bits per heavy atom. The van der Waals surface area contributed by atoms with Crippen LogP contribution in [0.2, 0.25) is 0 Å². The van der Waals surface area contributed by atoms with E-state index in [1.165, 1.54) is 0 Å². The van der Waals surface area contributed by atoms with Crippen LogP contribution in [0.4, 0.5) is 15.3 Å². The normalized spacial score (nSPS) is 12.9. The van der Waals surface area contributed by atoms with Crippen molar-refractivity contribution in [2.45, 2.75) is 71.8 Å². The lowest BCUT2D eigenvalue weighted by molar-refractivity contribution is -0.128. The number of hydrogen-bond donors (Lipinski definition) is 6. The molecule has 0 saturated carbocycles. The number of amides is 5. The molecular formula is C23H37N5O6. The van der Waals surface area contributed by atoms with E-state index in [9.17, 15) is 19.2 Å². The number of anilines is 1. The summed E-state index contributed by atoms with van der Waals surface area (Å²) in [5.41, 5.74) is 5.52. The fourth-order valence-electron chi connectivity index (χ4n) is 2.94. The van der Waals surface area contributed by atoms with Crippen LogP contribution < -0.4 is 27.0 Å². The van der Waals surface area contributed by atoms with Crippen molar-refractivity contribution in [3.8, 4) is 0 Å². The van der Waals surface area contributed by atoms with E-state index in [4.69, 9.17) is 15.6 Å². The van der Waals surface area contributed by atoms with Crippen molar-refractivity contribution in [3.63, 3.8) is 0 Å². The van der Waals surface area contributed by atoms with E-state index >= 15 is 0 Å². The van der Waals surface area contributed by atoms with Gasteiger partial charge in [-0.15, -0.1) is 0 Å². The third kappa shape index (κ3) is 11.0. The van der Waals surface area contributed by atoms with Gasteiger partial charge in [0, 0.05) is 12.2 Å². The second kappa shape index (κ2) is 13.4. The fourth-order valence-corrected chi connectivity index (χ4v) is 2.94. The zero-order valence-corrected chi connectivity index (χ0v) is 20.4. The first-order valence-electron chi connectivity index (χ1n) is 11.2. The van der Waals surface area contributed by atoms with Crippen LogP contribution in [-0.4, -0.2) is 53.3 Å². The quantitative estimate of drug-likeness (QED) is 0.263. The van der Waals surface area contributed by atoms with Crippen LogP contribution in [-0.2, 0) is 20.9 Å². The Morgan fingerprint density at radius 1 is 1.03 bits per heavy atom. The van der Waals surface area contributed by atoms with Gasteiger partial charge in [0.1, 0.15) is 17.7 Å². The number of urea groups is 1. The van der Waals surface area contributed by atoms with Gasteiger partial charge in [0.05, 0.1) is 6.61 Å². The molecule has 0 fully saturated rings. The molecule has 0 spiro atoms. The summed E-state index contributed by atoms with van der Waals surface area (Å²) < 4.78 is 5.24. The summed E-state index contributed by atoms with van der Waals surface area (Å²) in [5, 5.41) is 19.6. The van der Waals surface area contributed by atoms with Gasteiger partial charge < -0.3 is 36.8 Å². The topological polar surface area (TPSA) is 172 Å². The Labute approximate surface area is 200 Å². The van der Waals surface area contributed by atoms with Gasteiger partial charge in [-0.3, -0.25) is 9.59 Å². The Morgan fingerprint density at radius 3 is 2.15 bits per heavy atom. The lowest BCUT2D eigenvalue weighted by atomic mass is 10.0. The Bertz CT molecular complexity index is 835. The molecule has 1 unspecified atom stereocenters. The number of carbonyl (C=O) groups is 4. The molecule has 0 aromatic heterocycles. The summed E-state index contributed by atoms with van der Waals surface area (Å²) in [4.78, 5) is 49.0. The predicted molar refractivity (Wildman–Crippen MR) is 128 cm³/mol. The molecule has 11 nitrogen and oxygen atoms in total. The lowest BCUT2D eigenvalue weighted by Crippen LogP contribution is -2.55. The summed E-state index contributed by atoms with van der Waals surface area (Å²) in [5.74, 6) is -1.29. The van der Waals surface area contributed by atoms with E-state index in [-0.39, 0.29) is 25.5 Å². The van der Waals surface area contributed by atoms with Gasteiger partial charge in [0.2, 0.25) is 11.8 Å². The molecule has 1 aromatic carbocycles. The molecule has 1 aromatic rings. The summed E-state index contributed by atoms with van der Waals surface area (Å²) in [6.45, 7) is 8.76. The molecule has 0 saturated heterocycles. The molecule has 0 aliphatic heterocycles. The molecule has 0 aliphatic carbocycles. The highest BCUT2D eigenvalue weighted by Gasteiger charge is 2.30. The summed E-state index contributed by atoms with van der Waals surface area (Å²) in [7, 11) is 0. The van der Waals surface area contributed by atoms with Crippen molar-refractivity contribution in [1.29, 1.82) is 0 Å². The molecule has 0 radical (unpaired) electrons. The van der Waals surface area contributed by atoms with E-state index in [0.29, 0.717) is 17.7 Å². The average Bonchev–Trinajstić information content (AvgIpc) is 2.72. The van der Waals surface area contributed by atoms with Gasteiger partial charge in [-0.1, -0.05) is 26.0 Å². The monoisotopic (exact) mass is 479 g/mol. The number of rotatable bonds is 11. The molecule has 34 heavy (non-hydrogen) atoms. The average molecular weight is 480 g/mol. The van der Waals surface area contributed by atoms with Crippen molar-refractivity contribution in [1.82, 2.24) is 16.0 Å². The van der Waals surface area contributed by atoms with Crippen molar-refractivity contribution in [2.24, 2.45) is 11.7 Å². The zero-order chi connectivity index (χ0) is 25.9. The number of alkyl carbamates (subject to hydrolysis) is 1. The minimum absolute atomic E-state index is 0.124. The maximum Gasteiger partial charge on any atom is 0.408 e. The third-order valence-corrected chi connectivity index (χ3v) is 4.63. The first-order chi connectivity index (χ1) is 15.8. The maximum absolute atomic E-state index is 13.0. The van der Waals surface area contributed by atoms with Gasteiger partial charge in [-0.25, -0.2) is 9.59 Å². The van der Waals surface area contributed by atoms with E-state index in [1.54, 1.807) is 58.9 Å². The molecule has 2 atom stereocenters. The van der Waals surface area contributed by atoms with Crippen molar-refractivity contribution in [3.05, 3.63) is 29.8 Å². The van der Waals surface area contributed by atoms with Crippen molar-refractivity contribution < 1.29 is 29.0 Å². The van der Waals surface area contributed by atoms with Gasteiger partial charge in [0.25, 0.3) is 0 Å².